The van der Waals surface area contributed by atoms with Gasteiger partial charge in [0.1, 0.15) is 11.9 Å². The summed E-state index contributed by atoms with van der Waals surface area (Å²) in [6, 6.07) is 5.30. The van der Waals surface area contributed by atoms with Crippen LogP contribution >= 0.6 is 0 Å². The highest BCUT2D eigenvalue weighted by atomic mass is 19.4. The maximum absolute atomic E-state index is 12.9. The highest BCUT2D eigenvalue weighted by Crippen LogP contribution is 2.31. The molecule has 91 valence electrons. The van der Waals surface area contributed by atoms with E-state index in [1.807, 2.05) is 0 Å². The van der Waals surface area contributed by atoms with E-state index in [4.69, 9.17) is 4.42 Å². The number of rotatable bonds is 1. The van der Waals surface area contributed by atoms with Gasteiger partial charge >= 0.3 is 6.18 Å². The van der Waals surface area contributed by atoms with Gasteiger partial charge in [-0.3, -0.25) is 0 Å². The van der Waals surface area contributed by atoms with Gasteiger partial charge in [-0.15, -0.1) is 0 Å². The first-order valence-corrected chi connectivity index (χ1v) is 4.93. The van der Waals surface area contributed by atoms with Crippen LogP contribution in [-0.4, -0.2) is 14.6 Å². The minimum absolute atomic E-state index is 0.0659. The van der Waals surface area contributed by atoms with E-state index in [-0.39, 0.29) is 17.1 Å². The first-order chi connectivity index (χ1) is 8.55. The van der Waals surface area contributed by atoms with Gasteiger partial charge in [-0.1, -0.05) is 0 Å². The molecule has 0 atom stereocenters. The summed E-state index contributed by atoms with van der Waals surface area (Å²) in [5.74, 6) is 0.268. The van der Waals surface area contributed by atoms with Crippen LogP contribution in [0.5, 0.6) is 0 Å². The molecule has 3 rings (SSSR count). The number of fused-ring (bicyclic) bond motifs is 1. The van der Waals surface area contributed by atoms with Crippen LogP contribution in [-0.2, 0) is 6.18 Å². The Balaban J connectivity index is 2.30. The number of alkyl halides is 3. The summed E-state index contributed by atoms with van der Waals surface area (Å²) in [5.41, 5.74) is -0.745. The topological polar surface area (TPSA) is 43.3 Å². The number of hydrogen-bond acceptors (Lipinski definition) is 3. The Hall–Kier alpha value is -2.31. The highest BCUT2D eigenvalue weighted by Gasteiger charge is 2.35. The molecule has 0 spiro atoms. The lowest BCUT2D eigenvalue weighted by atomic mass is 10.2. The Morgan fingerprint density at radius 2 is 2.17 bits per heavy atom. The predicted octanol–water partition coefficient (Wildman–Crippen LogP) is 2.81. The molecule has 0 aliphatic rings. The van der Waals surface area contributed by atoms with Crippen molar-refractivity contribution < 1.29 is 17.6 Å². The molecule has 18 heavy (non-hydrogen) atoms. The van der Waals surface area contributed by atoms with Gasteiger partial charge in [-0.05, 0) is 18.2 Å². The van der Waals surface area contributed by atoms with Crippen molar-refractivity contribution in [3.63, 3.8) is 0 Å². The molecule has 0 aliphatic carbocycles. The second kappa shape index (κ2) is 3.59. The smallest absolute Gasteiger partial charge is 0.433 e. The Morgan fingerprint density at radius 3 is 2.83 bits per heavy atom. The molecule has 1 radical (unpaired) electrons. The van der Waals surface area contributed by atoms with Gasteiger partial charge in [-0.2, -0.15) is 18.3 Å². The van der Waals surface area contributed by atoms with E-state index < -0.39 is 11.9 Å². The lowest BCUT2D eigenvalue weighted by Gasteiger charge is -2.09. The Morgan fingerprint density at radius 1 is 1.33 bits per heavy atom. The minimum Gasteiger partial charge on any atom is -0.463 e. The van der Waals surface area contributed by atoms with Crippen LogP contribution in [0.25, 0.3) is 17.1 Å². The fourth-order valence-electron chi connectivity index (χ4n) is 1.61. The van der Waals surface area contributed by atoms with E-state index in [1.165, 1.54) is 12.3 Å². The highest BCUT2D eigenvalue weighted by molar-refractivity contribution is 5.57. The standard InChI is InChI=1S/C11H5F3N3O/c12-11(13,14)9-6-7(8-2-1-5-18-8)16-10-3-4-15-17(9)10/h1-3,5-6H. The monoisotopic (exact) mass is 252 g/mol. The van der Waals surface area contributed by atoms with E-state index in [1.54, 1.807) is 12.1 Å². The van der Waals surface area contributed by atoms with Crippen LogP contribution in [0.3, 0.4) is 0 Å². The van der Waals surface area contributed by atoms with Gasteiger partial charge < -0.3 is 4.42 Å². The molecule has 4 nitrogen and oxygen atoms in total. The van der Waals surface area contributed by atoms with Crippen LogP contribution in [0.4, 0.5) is 13.2 Å². The number of halogens is 3. The Labute approximate surface area is 98.7 Å². The average molecular weight is 252 g/mol. The van der Waals surface area contributed by atoms with Gasteiger partial charge in [0.05, 0.1) is 6.26 Å². The van der Waals surface area contributed by atoms with Crippen LogP contribution in [0.15, 0.2) is 34.9 Å². The van der Waals surface area contributed by atoms with Crippen LogP contribution in [0, 0.1) is 6.20 Å². The summed E-state index contributed by atoms with van der Waals surface area (Å²) in [4.78, 5) is 4.03. The van der Waals surface area contributed by atoms with Crippen LogP contribution in [0.1, 0.15) is 5.69 Å². The van der Waals surface area contributed by atoms with Gasteiger partial charge in [0, 0.05) is 6.07 Å². The van der Waals surface area contributed by atoms with E-state index in [0.717, 1.165) is 6.07 Å². The number of furan rings is 1. The molecule has 0 N–H and O–H groups in total. The van der Waals surface area contributed by atoms with Crippen LogP contribution in [0.2, 0.25) is 0 Å². The lowest BCUT2D eigenvalue weighted by Crippen LogP contribution is -2.13. The zero-order valence-electron chi connectivity index (χ0n) is 8.77. The molecule has 0 saturated carbocycles. The molecular weight excluding hydrogens is 247 g/mol. The van der Waals surface area contributed by atoms with Crippen LogP contribution < -0.4 is 0 Å². The van der Waals surface area contributed by atoms with Crippen molar-refractivity contribution in [2.75, 3.05) is 0 Å². The second-order valence-corrected chi connectivity index (χ2v) is 3.55. The first-order valence-electron chi connectivity index (χ1n) is 4.93. The predicted molar refractivity (Wildman–Crippen MR) is 54.5 cm³/mol. The van der Waals surface area contributed by atoms with Crippen molar-refractivity contribution in [3.8, 4) is 11.5 Å². The largest absolute Gasteiger partial charge is 0.463 e. The summed E-state index contributed by atoms with van der Waals surface area (Å²) < 4.78 is 44.4. The van der Waals surface area contributed by atoms with E-state index >= 15 is 0 Å². The molecular formula is C11H5F3N3O. The molecule has 0 aromatic carbocycles. The average Bonchev–Trinajstić information content (AvgIpc) is 2.97. The third-order valence-electron chi connectivity index (χ3n) is 2.37. The third-order valence-corrected chi connectivity index (χ3v) is 2.37. The molecule has 7 heteroatoms. The molecule has 3 heterocycles. The second-order valence-electron chi connectivity index (χ2n) is 3.55. The molecule has 0 fully saturated rings. The molecule has 3 aromatic heterocycles. The van der Waals surface area contributed by atoms with Crippen molar-refractivity contribution >= 4 is 5.65 Å². The minimum atomic E-state index is -4.53. The summed E-state index contributed by atoms with van der Waals surface area (Å²) in [6.07, 6.45) is -0.811. The van der Waals surface area contributed by atoms with Gasteiger partial charge in [0.15, 0.2) is 17.1 Å². The summed E-state index contributed by atoms with van der Waals surface area (Å²) >= 11 is 0. The molecule has 0 bridgehead atoms. The Kier molecular flexibility index (Phi) is 2.16. The SMILES string of the molecule is FC(F)(F)c1cc(-c2ccco2)nc2c[c]nn12. The maximum atomic E-state index is 12.9. The van der Waals surface area contributed by atoms with E-state index in [0.29, 0.717) is 4.52 Å². The zero-order valence-corrected chi connectivity index (χ0v) is 8.77. The summed E-state index contributed by atoms with van der Waals surface area (Å²) in [7, 11) is 0. The lowest BCUT2D eigenvalue weighted by molar-refractivity contribution is -0.142. The fourth-order valence-corrected chi connectivity index (χ4v) is 1.61. The normalized spacial score (nSPS) is 12.2. The molecule has 0 unspecified atom stereocenters. The fraction of sp³-hybridized carbons (Fsp3) is 0.0909. The number of hydrogen-bond donors (Lipinski definition) is 0. The first kappa shape index (κ1) is 10.8. The van der Waals surface area contributed by atoms with Gasteiger partial charge in [0.2, 0.25) is 0 Å². The zero-order chi connectivity index (χ0) is 12.8. The molecule has 0 saturated heterocycles. The summed E-state index contributed by atoms with van der Waals surface area (Å²) in [6.45, 7) is 0. The molecule has 3 aromatic rings. The molecule has 0 amide bonds. The van der Waals surface area contributed by atoms with Crippen molar-refractivity contribution in [3.05, 3.63) is 42.4 Å². The van der Waals surface area contributed by atoms with Gasteiger partial charge in [-0.25, -0.2) is 9.50 Å². The Bertz CT molecular complexity index is 685. The number of aromatic nitrogens is 3. The van der Waals surface area contributed by atoms with Gasteiger partial charge in [0.25, 0.3) is 0 Å². The summed E-state index contributed by atoms with van der Waals surface area (Å²) in [5, 5.41) is 3.49. The third kappa shape index (κ3) is 1.64. The van der Waals surface area contributed by atoms with Crippen molar-refractivity contribution in [2.45, 2.75) is 6.18 Å². The molecule has 0 aliphatic heterocycles. The quantitative estimate of drug-likeness (QED) is 0.668. The van der Waals surface area contributed by atoms with Crippen molar-refractivity contribution in [1.82, 2.24) is 14.6 Å². The number of nitrogens with zero attached hydrogens (tertiary/aromatic N) is 3. The van der Waals surface area contributed by atoms with E-state index in [2.05, 4.69) is 16.3 Å². The van der Waals surface area contributed by atoms with Crippen molar-refractivity contribution in [2.24, 2.45) is 0 Å². The maximum Gasteiger partial charge on any atom is 0.433 e. The van der Waals surface area contributed by atoms with Crippen molar-refractivity contribution in [1.29, 1.82) is 0 Å². The van der Waals surface area contributed by atoms with E-state index in [9.17, 15) is 13.2 Å².